The second-order valence-electron chi connectivity index (χ2n) is 8.00. The fourth-order valence-corrected chi connectivity index (χ4v) is 4.15. The van der Waals surface area contributed by atoms with Crippen molar-refractivity contribution in [1.82, 2.24) is 4.90 Å². The lowest BCUT2D eigenvalue weighted by Crippen LogP contribution is -2.25. The van der Waals surface area contributed by atoms with E-state index in [-0.39, 0.29) is 5.91 Å². The van der Waals surface area contributed by atoms with Crippen LogP contribution in [0.2, 0.25) is 5.02 Å². The summed E-state index contributed by atoms with van der Waals surface area (Å²) < 4.78 is 0. The number of halogens is 1. The molecule has 1 heterocycles. The fraction of sp³-hybridized carbons (Fsp3) is 0.0333. The summed E-state index contributed by atoms with van der Waals surface area (Å²) in [6, 6.07) is 36.3. The van der Waals surface area contributed by atoms with E-state index in [1.807, 2.05) is 89.8 Å². The maximum Gasteiger partial charge on any atom is 0.258 e. The highest BCUT2D eigenvalue weighted by atomic mass is 35.5. The van der Waals surface area contributed by atoms with Crippen LogP contribution in [0.5, 0.6) is 0 Å². The van der Waals surface area contributed by atoms with E-state index < -0.39 is 0 Å². The van der Waals surface area contributed by atoms with Crippen LogP contribution in [0.15, 0.2) is 121 Å². The van der Waals surface area contributed by atoms with Gasteiger partial charge in [0.2, 0.25) is 0 Å². The third kappa shape index (κ3) is 4.67. The lowest BCUT2D eigenvalue weighted by Gasteiger charge is -2.21. The minimum Gasteiger partial charge on any atom is -0.303 e. The van der Waals surface area contributed by atoms with Crippen molar-refractivity contribution in [2.24, 2.45) is 0 Å². The van der Waals surface area contributed by atoms with Crippen LogP contribution in [0.4, 0.5) is 0 Å². The zero-order valence-electron chi connectivity index (χ0n) is 18.0. The van der Waals surface area contributed by atoms with Gasteiger partial charge < -0.3 is 4.90 Å². The van der Waals surface area contributed by atoms with Crippen molar-refractivity contribution < 1.29 is 4.79 Å². The van der Waals surface area contributed by atoms with E-state index in [2.05, 4.69) is 36.4 Å². The number of carbonyl (C=O) groups excluding carboxylic acids is 1. The van der Waals surface area contributed by atoms with Crippen molar-refractivity contribution in [3.8, 4) is 11.1 Å². The molecular formula is C30H22ClNO. The Morgan fingerprint density at radius 3 is 1.91 bits per heavy atom. The highest BCUT2D eigenvalue weighted by Crippen LogP contribution is 2.33. The van der Waals surface area contributed by atoms with Gasteiger partial charge >= 0.3 is 0 Å². The lowest BCUT2D eigenvalue weighted by atomic mass is 10.0. The molecule has 5 rings (SSSR count). The molecule has 2 nitrogen and oxygen atoms in total. The molecule has 0 radical (unpaired) electrons. The summed E-state index contributed by atoms with van der Waals surface area (Å²) >= 11 is 6.02. The molecule has 1 aliphatic heterocycles. The van der Waals surface area contributed by atoms with Crippen molar-refractivity contribution >= 4 is 29.3 Å². The molecule has 0 saturated carbocycles. The molecule has 33 heavy (non-hydrogen) atoms. The normalized spacial score (nSPS) is 14.6. The molecule has 1 aliphatic rings. The third-order valence-corrected chi connectivity index (χ3v) is 5.99. The number of hydrogen-bond acceptors (Lipinski definition) is 1. The summed E-state index contributed by atoms with van der Waals surface area (Å²) in [5.41, 5.74) is 6.93. The van der Waals surface area contributed by atoms with Crippen molar-refractivity contribution in [3.05, 3.63) is 143 Å². The summed E-state index contributed by atoms with van der Waals surface area (Å²) in [5, 5.41) is 0.676. The summed E-state index contributed by atoms with van der Waals surface area (Å²) in [5.74, 6) is -0.00376. The van der Waals surface area contributed by atoms with Gasteiger partial charge in [0.1, 0.15) is 0 Å². The predicted molar refractivity (Wildman–Crippen MR) is 136 cm³/mol. The average Bonchev–Trinajstić information content (AvgIpc) is 3.16. The SMILES string of the molecule is O=C1/C(=C/c2ccc(Cl)cc2)C=C(c2ccc(-c3ccccc3)cc2)N1Cc1ccccc1. The van der Waals surface area contributed by atoms with Crippen molar-refractivity contribution in [1.29, 1.82) is 0 Å². The molecule has 0 atom stereocenters. The molecule has 3 heteroatoms. The van der Waals surface area contributed by atoms with E-state index in [0.29, 0.717) is 17.1 Å². The monoisotopic (exact) mass is 447 g/mol. The van der Waals surface area contributed by atoms with Gasteiger partial charge in [0.25, 0.3) is 5.91 Å². The largest absolute Gasteiger partial charge is 0.303 e. The van der Waals surface area contributed by atoms with Gasteiger partial charge in [0.05, 0.1) is 12.2 Å². The molecule has 0 fully saturated rings. The number of rotatable bonds is 5. The fourth-order valence-electron chi connectivity index (χ4n) is 4.02. The van der Waals surface area contributed by atoms with Crippen molar-refractivity contribution in [2.45, 2.75) is 6.54 Å². The Hall–Kier alpha value is -3.88. The van der Waals surface area contributed by atoms with Crippen LogP contribution in [-0.2, 0) is 11.3 Å². The molecule has 0 aromatic heterocycles. The molecular weight excluding hydrogens is 426 g/mol. The topological polar surface area (TPSA) is 20.3 Å². The Labute approximate surface area is 199 Å². The first kappa shape index (κ1) is 21.0. The van der Waals surface area contributed by atoms with E-state index in [1.54, 1.807) is 0 Å². The minimum atomic E-state index is -0.00376. The van der Waals surface area contributed by atoms with Gasteiger partial charge in [-0.25, -0.2) is 0 Å². The zero-order valence-corrected chi connectivity index (χ0v) is 18.7. The van der Waals surface area contributed by atoms with Crippen LogP contribution >= 0.6 is 11.6 Å². The zero-order chi connectivity index (χ0) is 22.6. The minimum absolute atomic E-state index is 0.00376. The summed E-state index contributed by atoms with van der Waals surface area (Å²) in [7, 11) is 0. The van der Waals surface area contributed by atoms with E-state index in [9.17, 15) is 4.79 Å². The van der Waals surface area contributed by atoms with E-state index >= 15 is 0 Å². The van der Waals surface area contributed by atoms with Gasteiger partial charge in [-0.2, -0.15) is 0 Å². The highest BCUT2D eigenvalue weighted by molar-refractivity contribution is 6.30. The maximum absolute atomic E-state index is 13.4. The molecule has 0 bridgehead atoms. The Morgan fingerprint density at radius 2 is 1.24 bits per heavy atom. The number of nitrogens with zero attached hydrogens (tertiary/aromatic N) is 1. The van der Waals surface area contributed by atoms with Crippen LogP contribution < -0.4 is 0 Å². The van der Waals surface area contributed by atoms with Crippen LogP contribution in [0.25, 0.3) is 22.9 Å². The molecule has 0 aliphatic carbocycles. The summed E-state index contributed by atoms with van der Waals surface area (Å²) in [6.07, 6.45) is 3.90. The summed E-state index contributed by atoms with van der Waals surface area (Å²) in [6.45, 7) is 0.518. The van der Waals surface area contributed by atoms with E-state index in [4.69, 9.17) is 11.6 Å². The molecule has 0 spiro atoms. The predicted octanol–water partition coefficient (Wildman–Crippen LogP) is 7.47. The number of amides is 1. The van der Waals surface area contributed by atoms with Crippen LogP contribution in [-0.4, -0.2) is 10.8 Å². The van der Waals surface area contributed by atoms with E-state index in [1.165, 1.54) is 5.56 Å². The van der Waals surface area contributed by atoms with Crippen LogP contribution in [0.1, 0.15) is 16.7 Å². The van der Waals surface area contributed by atoms with Crippen LogP contribution in [0, 0.1) is 0 Å². The van der Waals surface area contributed by atoms with E-state index in [0.717, 1.165) is 28.0 Å². The van der Waals surface area contributed by atoms with Gasteiger partial charge in [-0.3, -0.25) is 4.79 Å². The second-order valence-corrected chi connectivity index (χ2v) is 8.44. The first-order valence-corrected chi connectivity index (χ1v) is 11.3. The first-order valence-electron chi connectivity index (χ1n) is 10.9. The third-order valence-electron chi connectivity index (χ3n) is 5.74. The highest BCUT2D eigenvalue weighted by Gasteiger charge is 2.29. The Morgan fingerprint density at radius 1 is 0.667 bits per heavy atom. The molecule has 0 N–H and O–H groups in total. The molecule has 160 valence electrons. The van der Waals surface area contributed by atoms with Gasteiger partial charge in [-0.05, 0) is 52.1 Å². The number of hydrogen-bond donors (Lipinski definition) is 0. The molecule has 1 amide bonds. The molecule has 0 unspecified atom stereocenters. The lowest BCUT2D eigenvalue weighted by molar-refractivity contribution is -0.123. The standard InChI is InChI=1S/C30H22ClNO/c31-28-17-11-22(12-18-28)19-27-20-29(32(30(27)33)21-23-7-3-1-4-8-23)26-15-13-25(14-16-26)24-9-5-2-6-10-24/h1-20H,21H2/b27-19+. The Bertz CT molecular complexity index is 1320. The van der Waals surface area contributed by atoms with Gasteiger partial charge in [-0.15, -0.1) is 0 Å². The van der Waals surface area contributed by atoms with Crippen LogP contribution in [0.3, 0.4) is 0 Å². The molecule has 4 aromatic carbocycles. The molecule has 0 saturated heterocycles. The van der Waals surface area contributed by atoms with Gasteiger partial charge in [-0.1, -0.05) is 109 Å². The first-order chi connectivity index (χ1) is 16.2. The summed E-state index contributed by atoms with van der Waals surface area (Å²) in [4.78, 5) is 15.3. The number of benzene rings is 4. The second kappa shape index (κ2) is 9.32. The smallest absolute Gasteiger partial charge is 0.258 e. The Kier molecular flexibility index (Phi) is 5.93. The molecule has 4 aromatic rings. The maximum atomic E-state index is 13.4. The van der Waals surface area contributed by atoms with Crippen molar-refractivity contribution in [3.63, 3.8) is 0 Å². The average molecular weight is 448 g/mol. The van der Waals surface area contributed by atoms with Crippen molar-refractivity contribution in [2.75, 3.05) is 0 Å². The number of carbonyl (C=O) groups is 1. The van der Waals surface area contributed by atoms with Gasteiger partial charge in [0.15, 0.2) is 0 Å². The Balaban J connectivity index is 1.51. The van der Waals surface area contributed by atoms with Gasteiger partial charge in [0, 0.05) is 10.6 Å². The quantitative estimate of drug-likeness (QED) is 0.290.